The minimum atomic E-state index is -0.582. The highest BCUT2D eigenvalue weighted by Gasteiger charge is 2.28. The molecule has 0 saturated heterocycles. The number of nitrogens with one attached hydrogen (secondary N) is 1. The Bertz CT molecular complexity index is 848. The minimum absolute atomic E-state index is 0.113. The average Bonchev–Trinajstić information content (AvgIpc) is 3.21. The van der Waals surface area contributed by atoms with E-state index >= 15 is 0 Å². The standard InChI is InChI=1S/C23H26Cl2N2O2/c1-16(23(29)26-20-7-3-4-8-20)27(15-17-10-12-19(24)13-11-17)22(28)14-18-6-2-5-9-21(18)25/h2,5-6,9-13,16,20H,3-4,7-8,14-15H2,1H3,(H,26,29)/t16-/m1/s1. The quantitative estimate of drug-likeness (QED) is 0.667. The summed E-state index contributed by atoms with van der Waals surface area (Å²) in [5.74, 6) is -0.250. The molecule has 3 rings (SSSR count). The van der Waals surface area contributed by atoms with Gasteiger partial charge >= 0.3 is 0 Å². The lowest BCUT2D eigenvalue weighted by Gasteiger charge is -2.30. The topological polar surface area (TPSA) is 49.4 Å². The fraction of sp³-hybridized carbons (Fsp3) is 0.391. The third-order valence-electron chi connectivity index (χ3n) is 5.43. The van der Waals surface area contributed by atoms with Crippen LogP contribution in [0.15, 0.2) is 48.5 Å². The van der Waals surface area contributed by atoms with Gasteiger partial charge < -0.3 is 10.2 Å². The zero-order valence-corrected chi connectivity index (χ0v) is 18.0. The first-order chi connectivity index (χ1) is 13.9. The van der Waals surface area contributed by atoms with Gasteiger partial charge in [-0.1, -0.05) is 66.4 Å². The molecule has 1 N–H and O–H groups in total. The number of nitrogens with zero attached hydrogens (tertiary/aromatic N) is 1. The predicted molar refractivity (Wildman–Crippen MR) is 117 cm³/mol. The first-order valence-electron chi connectivity index (χ1n) is 10.0. The van der Waals surface area contributed by atoms with E-state index in [2.05, 4.69) is 5.32 Å². The molecule has 1 aliphatic carbocycles. The van der Waals surface area contributed by atoms with Crippen molar-refractivity contribution in [3.63, 3.8) is 0 Å². The summed E-state index contributed by atoms with van der Waals surface area (Å²) in [5.41, 5.74) is 1.67. The molecule has 1 saturated carbocycles. The number of carbonyl (C=O) groups excluding carboxylic acids is 2. The lowest BCUT2D eigenvalue weighted by Crippen LogP contribution is -2.50. The molecule has 4 nitrogen and oxygen atoms in total. The van der Waals surface area contributed by atoms with Gasteiger partial charge in [0.25, 0.3) is 0 Å². The molecule has 2 aromatic rings. The Hall–Kier alpha value is -2.04. The highest BCUT2D eigenvalue weighted by atomic mass is 35.5. The second-order valence-electron chi connectivity index (χ2n) is 7.58. The van der Waals surface area contributed by atoms with Crippen LogP contribution in [0.5, 0.6) is 0 Å². The van der Waals surface area contributed by atoms with E-state index < -0.39 is 6.04 Å². The van der Waals surface area contributed by atoms with E-state index in [1.54, 1.807) is 30.0 Å². The molecular formula is C23H26Cl2N2O2. The number of carbonyl (C=O) groups is 2. The van der Waals surface area contributed by atoms with Crippen LogP contribution >= 0.6 is 23.2 Å². The van der Waals surface area contributed by atoms with Gasteiger partial charge in [-0.2, -0.15) is 0 Å². The van der Waals surface area contributed by atoms with Crippen molar-refractivity contribution >= 4 is 35.0 Å². The van der Waals surface area contributed by atoms with Crippen molar-refractivity contribution in [2.75, 3.05) is 0 Å². The van der Waals surface area contributed by atoms with E-state index in [4.69, 9.17) is 23.2 Å². The number of halogens is 2. The lowest BCUT2D eigenvalue weighted by atomic mass is 10.1. The van der Waals surface area contributed by atoms with Gasteiger partial charge in [-0.3, -0.25) is 9.59 Å². The van der Waals surface area contributed by atoms with Crippen molar-refractivity contribution in [1.29, 1.82) is 0 Å². The van der Waals surface area contributed by atoms with E-state index in [0.29, 0.717) is 16.6 Å². The Morgan fingerprint density at radius 2 is 1.72 bits per heavy atom. The largest absolute Gasteiger partial charge is 0.352 e. The molecule has 0 radical (unpaired) electrons. The second-order valence-corrected chi connectivity index (χ2v) is 8.43. The van der Waals surface area contributed by atoms with Gasteiger partial charge in [0.05, 0.1) is 6.42 Å². The summed E-state index contributed by atoms with van der Waals surface area (Å²) in [5, 5.41) is 4.29. The smallest absolute Gasteiger partial charge is 0.242 e. The molecule has 0 aliphatic heterocycles. The van der Waals surface area contributed by atoms with Crippen molar-refractivity contribution in [3.8, 4) is 0 Å². The van der Waals surface area contributed by atoms with Crippen LogP contribution in [0, 0.1) is 0 Å². The maximum absolute atomic E-state index is 13.2. The Morgan fingerprint density at radius 3 is 2.38 bits per heavy atom. The SMILES string of the molecule is C[C@H](C(=O)NC1CCCC1)N(Cc1ccc(Cl)cc1)C(=O)Cc1ccccc1Cl. The van der Waals surface area contributed by atoms with Crippen LogP contribution in [0.3, 0.4) is 0 Å². The van der Waals surface area contributed by atoms with E-state index in [0.717, 1.165) is 36.8 Å². The van der Waals surface area contributed by atoms with Gasteiger partial charge in [-0.05, 0) is 49.1 Å². The summed E-state index contributed by atoms with van der Waals surface area (Å²) < 4.78 is 0. The van der Waals surface area contributed by atoms with Crippen LogP contribution < -0.4 is 5.32 Å². The molecule has 154 valence electrons. The Kier molecular flexibility index (Phi) is 7.57. The fourth-order valence-electron chi connectivity index (χ4n) is 3.67. The summed E-state index contributed by atoms with van der Waals surface area (Å²) in [7, 11) is 0. The van der Waals surface area contributed by atoms with Crippen molar-refractivity contribution in [2.45, 2.75) is 57.7 Å². The van der Waals surface area contributed by atoms with Crippen molar-refractivity contribution in [2.24, 2.45) is 0 Å². The first-order valence-corrected chi connectivity index (χ1v) is 10.8. The molecule has 1 fully saturated rings. The number of hydrogen-bond donors (Lipinski definition) is 1. The van der Waals surface area contributed by atoms with Crippen LogP contribution in [0.1, 0.15) is 43.7 Å². The van der Waals surface area contributed by atoms with Crippen molar-refractivity contribution < 1.29 is 9.59 Å². The molecule has 0 heterocycles. The molecule has 1 aliphatic rings. The van der Waals surface area contributed by atoms with Gasteiger partial charge in [0.15, 0.2) is 0 Å². The summed E-state index contributed by atoms with van der Waals surface area (Å²) in [6, 6.07) is 14.2. The molecule has 0 bridgehead atoms. The Balaban J connectivity index is 1.77. The normalized spacial score (nSPS) is 15.1. The van der Waals surface area contributed by atoms with Gasteiger partial charge in [-0.15, -0.1) is 0 Å². The van der Waals surface area contributed by atoms with Gasteiger partial charge in [0, 0.05) is 22.6 Å². The van der Waals surface area contributed by atoms with Gasteiger partial charge in [0.2, 0.25) is 11.8 Å². The molecular weight excluding hydrogens is 407 g/mol. The van der Waals surface area contributed by atoms with Crippen LogP contribution in [0.2, 0.25) is 10.0 Å². The Morgan fingerprint density at radius 1 is 1.07 bits per heavy atom. The van der Waals surface area contributed by atoms with Crippen LogP contribution in [-0.2, 0) is 22.6 Å². The van der Waals surface area contributed by atoms with E-state index in [-0.39, 0.29) is 24.3 Å². The van der Waals surface area contributed by atoms with Crippen molar-refractivity contribution in [1.82, 2.24) is 10.2 Å². The summed E-state index contributed by atoms with van der Waals surface area (Å²) in [6.45, 7) is 2.12. The van der Waals surface area contributed by atoms with Gasteiger partial charge in [-0.25, -0.2) is 0 Å². The highest BCUT2D eigenvalue weighted by molar-refractivity contribution is 6.31. The van der Waals surface area contributed by atoms with E-state index in [1.165, 1.54) is 0 Å². The minimum Gasteiger partial charge on any atom is -0.352 e. The van der Waals surface area contributed by atoms with Crippen LogP contribution in [0.25, 0.3) is 0 Å². The third kappa shape index (κ3) is 5.97. The molecule has 1 atom stereocenters. The number of rotatable bonds is 7. The monoisotopic (exact) mass is 432 g/mol. The maximum Gasteiger partial charge on any atom is 0.242 e. The molecule has 2 aromatic carbocycles. The number of benzene rings is 2. The molecule has 0 spiro atoms. The summed E-state index contributed by atoms with van der Waals surface area (Å²) in [6.07, 6.45) is 4.43. The number of amides is 2. The van der Waals surface area contributed by atoms with Crippen LogP contribution in [-0.4, -0.2) is 28.8 Å². The van der Waals surface area contributed by atoms with Gasteiger partial charge in [0.1, 0.15) is 6.04 Å². The highest BCUT2D eigenvalue weighted by Crippen LogP contribution is 2.21. The third-order valence-corrected chi connectivity index (χ3v) is 6.06. The maximum atomic E-state index is 13.2. The molecule has 0 aromatic heterocycles. The predicted octanol–water partition coefficient (Wildman–Crippen LogP) is 5.01. The average molecular weight is 433 g/mol. The fourth-order valence-corrected chi connectivity index (χ4v) is 4.00. The molecule has 0 unspecified atom stereocenters. The van der Waals surface area contributed by atoms with E-state index in [1.807, 2.05) is 30.3 Å². The first kappa shape index (κ1) is 21.7. The second kappa shape index (κ2) is 10.1. The van der Waals surface area contributed by atoms with E-state index in [9.17, 15) is 9.59 Å². The Labute approximate surface area is 182 Å². The molecule has 6 heteroatoms. The van der Waals surface area contributed by atoms with Crippen LogP contribution in [0.4, 0.5) is 0 Å². The summed E-state index contributed by atoms with van der Waals surface area (Å²) in [4.78, 5) is 27.7. The van der Waals surface area contributed by atoms with Crippen molar-refractivity contribution in [3.05, 3.63) is 69.7 Å². The zero-order chi connectivity index (χ0) is 20.8. The zero-order valence-electron chi connectivity index (χ0n) is 16.5. The molecule has 29 heavy (non-hydrogen) atoms. The molecule has 2 amide bonds. The summed E-state index contributed by atoms with van der Waals surface area (Å²) >= 11 is 12.2. The number of hydrogen-bond acceptors (Lipinski definition) is 2. The lowest BCUT2D eigenvalue weighted by molar-refractivity contribution is -0.140.